The zero-order valence-electron chi connectivity index (χ0n) is 7.11. The Morgan fingerprint density at radius 1 is 1.50 bits per heavy atom. The molecule has 82 valence electrons. The van der Waals surface area contributed by atoms with Gasteiger partial charge in [0.25, 0.3) is 0 Å². The summed E-state index contributed by atoms with van der Waals surface area (Å²) >= 11 is 5.42. The van der Waals surface area contributed by atoms with E-state index < -0.39 is 30.2 Å². The largest absolute Gasteiger partial charge is 0.481 e. The van der Waals surface area contributed by atoms with Crippen molar-refractivity contribution in [1.82, 2.24) is 0 Å². The molecule has 1 unspecified atom stereocenters. The highest BCUT2D eigenvalue weighted by Crippen LogP contribution is 2.54. The Labute approximate surface area is 89.2 Å². The fourth-order valence-electron chi connectivity index (χ4n) is 0.470. The van der Waals surface area contributed by atoms with Crippen molar-refractivity contribution in [2.75, 3.05) is 12.9 Å². The maximum absolute atomic E-state index is 10.4. The number of hydrogen-bond donors (Lipinski definition) is 3. The lowest BCUT2D eigenvalue weighted by Crippen LogP contribution is -2.27. The van der Waals surface area contributed by atoms with Crippen LogP contribution in [0.3, 0.4) is 0 Å². The molecule has 0 saturated carbocycles. The van der Waals surface area contributed by atoms with Gasteiger partial charge in [0.15, 0.2) is 5.92 Å². The Morgan fingerprint density at radius 2 is 1.93 bits per heavy atom. The fourth-order valence-corrected chi connectivity index (χ4v) is 1.59. The van der Waals surface area contributed by atoms with E-state index in [9.17, 15) is 14.5 Å². The van der Waals surface area contributed by atoms with Crippen LogP contribution in [-0.2, 0) is 25.9 Å². The molecule has 6 nitrogen and oxygen atoms in total. The van der Waals surface area contributed by atoms with Gasteiger partial charge in [-0.3, -0.25) is 9.59 Å². The Bertz CT molecular complexity index is 265. The molecule has 1 atom stereocenters. The van der Waals surface area contributed by atoms with E-state index in [1.807, 2.05) is 0 Å². The molecule has 0 fully saturated rings. The van der Waals surface area contributed by atoms with Crippen molar-refractivity contribution < 1.29 is 29.2 Å². The lowest BCUT2D eigenvalue weighted by Gasteiger charge is -2.14. The average molecular weight is 260 g/mol. The van der Waals surface area contributed by atoms with E-state index in [1.165, 1.54) is 6.26 Å². The highest BCUT2D eigenvalue weighted by atomic mass is 32.9. The summed E-state index contributed by atoms with van der Waals surface area (Å²) in [6.45, 7) is -0.626. The lowest BCUT2D eigenvalue weighted by molar-refractivity contribution is -0.155. The second kappa shape index (κ2) is 5.67. The molecule has 9 heteroatoms. The number of aliphatic carboxylic acids is 2. The van der Waals surface area contributed by atoms with Gasteiger partial charge in [0.2, 0.25) is 5.69 Å². The molecule has 0 aromatic carbocycles. The standard InChI is InChI=1S/C5H9O6PS2/c1-14-12(10,13)11-2-3(4(6)7)5(8)9/h3H,2H2,1H3,(H,6,7)(H,8,9)(H,10,13). The second-order valence-corrected chi connectivity index (χ2v) is 8.49. The molecule has 0 spiro atoms. The molecule has 0 amide bonds. The normalized spacial score (nSPS) is 15.1. The second-order valence-electron chi connectivity index (χ2n) is 2.18. The molecule has 0 aromatic rings. The van der Waals surface area contributed by atoms with Gasteiger partial charge in [0.05, 0.1) is 6.61 Å². The molecule has 0 aliphatic rings. The van der Waals surface area contributed by atoms with Crippen LogP contribution in [0.1, 0.15) is 0 Å². The molecule has 0 saturated heterocycles. The first-order valence-corrected chi connectivity index (χ1v) is 7.79. The van der Waals surface area contributed by atoms with E-state index in [2.05, 4.69) is 16.3 Å². The highest BCUT2D eigenvalue weighted by Gasteiger charge is 2.28. The smallest absolute Gasteiger partial charge is 0.320 e. The maximum atomic E-state index is 10.4. The first kappa shape index (κ1) is 13.9. The first-order valence-electron chi connectivity index (χ1n) is 3.29. The van der Waals surface area contributed by atoms with Crippen molar-refractivity contribution >= 4 is 40.8 Å². The van der Waals surface area contributed by atoms with E-state index in [-0.39, 0.29) is 0 Å². The molecule has 14 heavy (non-hydrogen) atoms. The summed E-state index contributed by atoms with van der Waals surface area (Å²) in [4.78, 5) is 30.0. The van der Waals surface area contributed by atoms with E-state index >= 15 is 0 Å². The molecular weight excluding hydrogens is 251 g/mol. The molecule has 0 radical (unpaired) electrons. The molecule has 0 bridgehead atoms. The SMILES string of the molecule is CSP(O)(=S)OCC(C(=O)O)C(=O)O. The maximum Gasteiger partial charge on any atom is 0.320 e. The van der Waals surface area contributed by atoms with Crippen molar-refractivity contribution in [3.8, 4) is 0 Å². The third-order valence-electron chi connectivity index (χ3n) is 1.23. The summed E-state index contributed by atoms with van der Waals surface area (Å²) in [5.74, 6) is -4.74. The van der Waals surface area contributed by atoms with Gasteiger partial charge < -0.3 is 19.6 Å². The third kappa shape index (κ3) is 4.92. The van der Waals surface area contributed by atoms with Crippen molar-refractivity contribution in [2.24, 2.45) is 5.92 Å². The van der Waals surface area contributed by atoms with Gasteiger partial charge in [-0.05, 0) is 18.1 Å². The summed E-state index contributed by atoms with van der Waals surface area (Å²) < 4.78 is 4.65. The van der Waals surface area contributed by atoms with Crippen molar-refractivity contribution in [3.05, 3.63) is 0 Å². The quantitative estimate of drug-likeness (QED) is 0.465. The van der Waals surface area contributed by atoms with Crippen molar-refractivity contribution in [1.29, 1.82) is 0 Å². The molecule has 0 aliphatic carbocycles. The fraction of sp³-hybridized carbons (Fsp3) is 0.600. The van der Waals surface area contributed by atoms with Crippen LogP contribution in [0.4, 0.5) is 0 Å². The topological polar surface area (TPSA) is 104 Å². The Morgan fingerprint density at radius 3 is 2.21 bits per heavy atom. The van der Waals surface area contributed by atoms with Gasteiger partial charge in [-0.15, -0.1) is 0 Å². The van der Waals surface area contributed by atoms with Crippen LogP contribution in [0.25, 0.3) is 0 Å². The monoisotopic (exact) mass is 260 g/mol. The predicted octanol–water partition coefficient (Wildman–Crippen LogP) is 0.368. The van der Waals surface area contributed by atoms with E-state index in [4.69, 9.17) is 10.2 Å². The van der Waals surface area contributed by atoms with Crippen molar-refractivity contribution in [3.63, 3.8) is 0 Å². The summed E-state index contributed by atoms with van der Waals surface area (Å²) in [7, 11) is 0. The zero-order chi connectivity index (χ0) is 11.4. The number of rotatable bonds is 6. The minimum absolute atomic E-state index is 0.626. The molecule has 0 aliphatic heterocycles. The Hall–Kier alpha value is -0.140. The van der Waals surface area contributed by atoms with Gasteiger partial charge in [-0.25, -0.2) is 0 Å². The van der Waals surface area contributed by atoms with Crippen LogP contribution in [-0.4, -0.2) is 39.9 Å². The van der Waals surface area contributed by atoms with Gasteiger partial charge >= 0.3 is 11.9 Å². The zero-order valence-corrected chi connectivity index (χ0v) is 9.64. The van der Waals surface area contributed by atoms with Gasteiger partial charge in [-0.2, -0.15) is 0 Å². The number of carbonyl (C=O) groups is 2. The van der Waals surface area contributed by atoms with Crippen LogP contribution in [0.2, 0.25) is 0 Å². The van der Waals surface area contributed by atoms with Crippen LogP contribution in [0.15, 0.2) is 0 Å². The Balaban J connectivity index is 4.28. The van der Waals surface area contributed by atoms with Crippen LogP contribution >= 0.6 is 17.1 Å². The molecule has 0 heterocycles. The lowest BCUT2D eigenvalue weighted by atomic mass is 10.2. The molecule has 0 rings (SSSR count). The van der Waals surface area contributed by atoms with Gasteiger partial charge in [-0.1, -0.05) is 11.4 Å². The van der Waals surface area contributed by atoms with Gasteiger partial charge in [0.1, 0.15) is 0 Å². The van der Waals surface area contributed by atoms with Crippen LogP contribution in [0.5, 0.6) is 0 Å². The predicted molar refractivity (Wildman–Crippen MR) is 54.7 cm³/mol. The summed E-state index contributed by atoms with van der Waals surface area (Å²) in [6, 6.07) is 0. The number of carboxylic acid groups (broad SMARTS) is 2. The molecule has 3 N–H and O–H groups in total. The highest BCUT2D eigenvalue weighted by molar-refractivity contribution is 8.67. The summed E-state index contributed by atoms with van der Waals surface area (Å²) in [6.07, 6.45) is 1.50. The van der Waals surface area contributed by atoms with Gasteiger partial charge in [0, 0.05) is 0 Å². The third-order valence-corrected chi connectivity index (χ3v) is 5.53. The minimum Gasteiger partial charge on any atom is -0.481 e. The molecule has 0 aromatic heterocycles. The average Bonchev–Trinajstić information content (AvgIpc) is 2.03. The van der Waals surface area contributed by atoms with E-state index in [0.29, 0.717) is 0 Å². The number of carboxylic acids is 2. The number of hydrogen-bond acceptors (Lipinski definition) is 5. The van der Waals surface area contributed by atoms with Crippen molar-refractivity contribution in [2.45, 2.75) is 0 Å². The summed E-state index contributed by atoms with van der Waals surface area (Å²) in [5, 5.41) is 16.9. The molecular formula is C5H9O6PS2. The van der Waals surface area contributed by atoms with E-state index in [1.54, 1.807) is 0 Å². The Kier molecular flexibility index (Phi) is 5.61. The summed E-state index contributed by atoms with van der Waals surface area (Å²) in [5.41, 5.74) is -3.08. The first-order chi connectivity index (χ1) is 6.30. The van der Waals surface area contributed by atoms with Crippen LogP contribution in [0, 0.1) is 5.92 Å². The van der Waals surface area contributed by atoms with Crippen LogP contribution < -0.4 is 0 Å². The minimum atomic E-state index is -3.08. The van der Waals surface area contributed by atoms with E-state index in [0.717, 1.165) is 11.4 Å².